The fourth-order valence-corrected chi connectivity index (χ4v) is 5.37. The molecule has 1 aliphatic heterocycles. The smallest absolute Gasteiger partial charge is 0.410 e. The molecule has 42 heavy (non-hydrogen) atoms. The van der Waals surface area contributed by atoms with Gasteiger partial charge >= 0.3 is 18.3 Å². The molecule has 2 fully saturated rings. The predicted octanol–water partition coefficient (Wildman–Crippen LogP) is 5.61. The Bertz CT molecular complexity index is 1410. The van der Waals surface area contributed by atoms with Gasteiger partial charge in [0.25, 0.3) is 0 Å². The molecule has 0 spiro atoms. The van der Waals surface area contributed by atoms with Crippen LogP contribution in [0.4, 0.5) is 31.5 Å². The summed E-state index contributed by atoms with van der Waals surface area (Å²) in [7, 11) is 0. The molecule has 5 rings (SSSR count). The van der Waals surface area contributed by atoms with Crippen molar-refractivity contribution in [1.82, 2.24) is 20.5 Å². The van der Waals surface area contributed by atoms with Crippen molar-refractivity contribution in [2.24, 2.45) is 5.92 Å². The zero-order chi connectivity index (χ0) is 30.1. The monoisotopic (exact) mass is 596 g/mol. The first kappa shape index (κ1) is 29.5. The number of urea groups is 1. The van der Waals surface area contributed by atoms with E-state index < -0.39 is 61.4 Å². The number of fused-ring (bicyclic) bond motifs is 1. The van der Waals surface area contributed by atoms with Crippen LogP contribution in [0.3, 0.4) is 0 Å². The van der Waals surface area contributed by atoms with Crippen LogP contribution in [0.25, 0.3) is 11.1 Å². The molecule has 0 radical (unpaired) electrons. The topological polar surface area (TPSA) is 117 Å². The fourth-order valence-electron chi connectivity index (χ4n) is 5.37. The van der Waals surface area contributed by atoms with Crippen molar-refractivity contribution >= 4 is 23.2 Å². The Hall–Kier alpha value is -3.94. The van der Waals surface area contributed by atoms with Crippen LogP contribution >= 0.6 is 0 Å². The van der Waals surface area contributed by atoms with Gasteiger partial charge in [0, 0.05) is 12.8 Å². The van der Waals surface area contributed by atoms with E-state index in [1.165, 1.54) is 18.2 Å². The van der Waals surface area contributed by atoms with E-state index in [4.69, 9.17) is 9.15 Å². The van der Waals surface area contributed by atoms with Crippen LogP contribution in [0.2, 0.25) is 0 Å². The maximum Gasteiger partial charge on any atom is 0.410 e. The van der Waals surface area contributed by atoms with Crippen molar-refractivity contribution in [3.8, 4) is 0 Å². The molecule has 1 saturated heterocycles. The summed E-state index contributed by atoms with van der Waals surface area (Å²) < 4.78 is 78.6. The Morgan fingerprint density at radius 3 is 2.55 bits per heavy atom. The first-order valence-electron chi connectivity index (χ1n) is 13.4. The maximum atomic E-state index is 13.9. The molecule has 3 atom stereocenters. The molecule has 2 heterocycles. The van der Waals surface area contributed by atoms with Gasteiger partial charge in [0.2, 0.25) is 11.8 Å². The maximum absolute atomic E-state index is 13.9. The number of nitrogens with zero attached hydrogens (tertiary/aromatic N) is 2. The highest BCUT2D eigenvalue weighted by molar-refractivity contribution is 5.78. The number of alkyl halides is 5. The first-order valence-corrected chi connectivity index (χ1v) is 13.4. The van der Waals surface area contributed by atoms with Crippen molar-refractivity contribution < 1.29 is 45.8 Å². The highest BCUT2D eigenvalue weighted by Gasteiger charge is 2.48. The van der Waals surface area contributed by atoms with Crippen molar-refractivity contribution in [3.05, 3.63) is 65.5 Å². The SMILES string of the molecule is O=C(N[C@H](c1nc2cc([C@H](CO)N3C[C@@H](C(F)(F)F)NC3=O)ccc2o1)C1CCC(F)(F)CC1)OCc1ccccc1. The molecular weight excluding hydrogens is 567 g/mol. The molecule has 3 amide bonds. The van der Waals surface area contributed by atoms with Gasteiger partial charge in [-0.15, -0.1) is 0 Å². The van der Waals surface area contributed by atoms with Gasteiger partial charge in [0.1, 0.15) is 24.2 Å². The number of oxazole rings is 1. The van der Waals surface area contributed by atoms with Gasteiger partial charge in [0.05, 0.1) is 19.2 Å². The van der Waals surface area contributed by atoms with Crippen molar-refractivity contribution in [2.45, 2.75) is 62.5 Å². The number of hydrogen-bond donors (Lipinski definition) is 3. The lowest BCUT2D eigenvalue weighted by atomic mass is 9.82. The van der Waals surface area contributed by atoms with Gasteiger partial charge in [-0.2, -0.15) is 13.2 Å². The summed E-state index contributed by atoms with van der Waals surface area (Å²) in [6.07, 6.45) is -5.98. The van der Waals surface area contributed by atoms with Gasteiger partial charge in [-0.05, 0) is 42.0 Å². The number of ether oxygens (including phenoxy) is 1. The second kappa shape index (κ2) is 11.7. The van der Waals surface area contributed by atoms with E-state index in [-0.39, 0.29) is 49.3 Å². The van der Waals surface area contributed by atoms with Crippen LogP contribution < -0.4 is 10.6 Å². The van der Waals surface area contributed by atoms with E-state index >= 15 is 0 Å². The molecule has 0 unspecified atom stereocenters. The lowest BCUT2D eigenvalue weighted by molar-refractivity contribution is -0.150. The number of benzene rings is 2. The minimum atomic E-state index is -4.65. The fraction of sp³-hybridized carbons (Fsp3) is 0.464. The summed E-state index contributed by atoms with van der Waals surface area (Å²) in [6, 6.07) is 8.37. The molecule has 9 nitrogen and oxygen atoms in total. The van der Waals surface area contributed by atoms with E-state index in [9.17, 15) is 36.6 Å². The summed E-state index contributed by atoms with van der Waals surface area (Å²) in [6.45, 7) is -1.35. The van der Waals surface area contributed by atoms with E-state index in [0.29, 0.717) is 5.56 Å². The molecule has 1 aromatic heterocycles. The van der Waals surface area contributed by atoms with E-state index in [1.807, 2.05) is 11.4 Å². The Kier molecular flexibility index (Phi) is 8.26. The standard InChI is InChI=1S/C28H29F5N4O5/c29-27(30)10-8-17(9-11-27)23(36-26(40)41-15-16-4-2-1-3-5-16)24-34-19-12-18(6-7-21(19)42-24)20(14-38)37-13-22(28(31,32)33)35-25(37)39/h1-7,12,17,20,22-23,38H,8-11,13-15H2,(H,35,39)(H,36,40)/t20-,22-,23-/m0/s1. The zero-order valence-corrected chi connectivity index (χ0v) is 22.2. The quantitative estimate of drug-likeness (QED) is 0.291. The number of aromatic nitrogens is 1. The number of rotatable bonds is 8. The average Bonchev–Trinajstić information content (AvgIpc) is 3.55. The van der Waals surface area contributed by atoms with Crippen molar-refractivity contribution in [1.29, 1.82) is 0 Å². The third kappa shape index (κ3) is 6.58. The number of halogens is 5. The first-order chi connectivity index (χ1) is 19.9. The number of amides is 3. The van der Waals surface area contributed by atoms with Gasteiger partial charge in [-0.25, -0.2) is 23.4 Å². The molecule has 1 aliphatic carbocycles. The predicted molar refractivity (Wildman–Crippen MR) is 138 cm³/mol. The molecule has 14 heteroatoms. The summed E-state index contributed by atoms with van der Waals surface area (Å²) >= 11 is 0. The largest absolute Gasteiger partial charge is 0.445 e. The lowest BCUT2D eigenvalue weighted by Gasteiger charge is -2.32. The molecule has 3 N–H and O–H groups in total. The summed E-state index contributed by atoms with van der Waals surface area (Å²) in [5.74, 6) is -3.19. The molecule has 2 aromatic carbocycles. The second-order valence-corrected chi connectivity index (χ2v) is 10.6. The van der Waals surface area contributed by atoms with Crippen molar-refractivity contribution in [3.63, 3.8) is 0 Å². The van der Waals surface area contributed by atoms with Crippen LogP contribution in [0.15, 0.2) is 52.9 Å². The number of carbonyl (C=O) groups excluding carboxylic acids is 2. The summed E-state index contributed by atoms with van der Waals surface area (Å²) in [5, 5.41) is 14.6. The molecule has 2 aliphatic rings. The molecule has 226 valence electrons. The van der Waals surface area contributed by atoms with Gasteiger partial charge in [-0.1, -0.05) is 36.4 Å². The average molecular weight is 597 g/mol. The van der Waals surface area contributed by atoms with Crippen LogP contribution in [0, 0.1) is 5.92 Å². The Morgan fingerprint density at radius 1 is 1.19 bits per heavy atom. The number of carbonyl (C=O) groups is 2. The molecule has 0 bridgehead atoms. The highest BCUT2D eigenvalue weighted by atomic mass is 19.4. The lowest BCUT2D eigenvalue weighted by Crippen LogP contribution is -2.40. The molecular formula is C28H29F5N4O5. The normalized spacial score (nSPS) is 20.8. The number of hydrogen-bond acceptors (Lipinski definition) is 6. The number of nitrogens with one attached hydrogen (secondary N) is 2. The Balaban J connectivity index is 1.38. The van der Waals surface area contributed by atoms with Crippen molar-refractivity contribution in [2.75, 3.05) is 13.2 Å². The van der Waals surface area contributed by atoms with E-state index in [1.54, 1.807) is 24.3 Å². The summed E-state index contributed by atoms with van der Waals surface area (Å²) in [4.78, 5) is 30.4. The van der Waals surface area contributed by atoms with Gasteiger partial charge < -0.3 is 29.8 Å². The zero-order valence-electron chi connectivity index (χ0n) is 22.2. The number of alkyl carbamates (subject to hydrolysis) is 1. The third-order valence-electron chi connectivity index (χ3n) is 7.68. The van der Waals surface area contributed by atoms with Gasteiger partial charge in [0.15, 0.2) is 5.58 Å². The van der Waals surface area contributed by atoms with E-state index in [2.05, 4.69) is 10.3 Å². The second-order valence-electron chi connectivity index (χ2n) is 10.6. The number of aliphatic hydroxyl groups is 1. The van der Waals surface area contributed by atoms with Crippen LogP contribution in [-0.2, 0) is 11.3 Å². The van der Waals surface area contributed by atoms with E-state index in [0.717, 1.165) is 10.5 Å². The minimum absolute atomic E-state index is 0.0130. The Morgan fingerprint density at radius 2 is 1.90 bits per heavy atom. The minimum Gasteiger partial charge on any atom is -0.445 e. The van der Waals surface area contributed by atoms with Crippen LogP contribution in [0.5, 0.6) is 0 Å². The van der Waals surface area contributed by atoms with Crippen LogP contribution in [-0.4, -0.2) is 58.4 Å². The van der Waals surface area contributed by atoms with Crippen LogP contribution in [0.1, 0.15) is 54.8 Å². The highest BCUT2D eigenvalue weighted by Crippen LogP contribution is 2.42. The molecule has 3 aromatic rings. The third-order valence-corrected chi connectivity index (χ3v) is 7.68. The van der Waals surface area contributed by atoms with Gasteiger partial charge in [-0.3, -0.25) is 0 Å². The summed E-state index contributed by atoms with van der Waals surface area (Å²) in [5.41, 5.74) is 1.57. The Labute approximate surface area is 237 Å². The molecule has 1 saturated carbocycles. The number of aliphatic hydroxyl groups excluding tert-OH is 1.